The van der Waals surface area contributed by atoms with Gasteiger partial charge in [0.2, 0.25) is 10.0 Å². The molecule has 130 valence electrons. The van der Waals surface area contributed by atoms with Crippen molar-refractivity contribution >= 4 is 10.0 Å². The normalized spacial score (nSPS) is 31.1. The Morgan fingerprint density at radius 2 is 1.75 bits per heavy atom. The van der Waals surface area contributed by atoms with E-state index in [0.717, 1.165) is 24.9 Å². The molecule has 1 atom stereocenters. The van der Waals surface area contributed by atoms with Gasteiger partial charge in [-0.25, -0.2) is 8.42 Å². The van der Waals surface area contributed by atoms with Gasteiger partial charge in [-0.3, -0.25) is 4.98 Å². The first-order valence-corrected chi connectivity index (χ1v) is 11.0. The summed E-state index contributed by atoms with van der Waals surface area (Å²) in [6.45, 7) is 0.736. The summed E-state index contributed by atoms with van der Waals surface area (Å²) in [6.07, 6.45) is 13.4. The lowest BCUT2D eigenvalue weighted by Gasteiger charge is -2.62. The Hall–Kier alpha value is -0.940. The third-order valence-electron chi connectivity index (χ3n) is 7.37. The second-order valence-electron chi connectivity index (χ2n) is 8.85. The maximum Gasteiger partial charge on any atom is 0.214 e. The molecule has 2 heterocycles. The van der Waals surface area contributed by atoms with Crippen LogP contribution in [0.3, 0.4) is 0 Å². The highest BCUT2D eigenvalue weighted by Gasteiger charge is 2.60. The monoisotopic (exact) mass is 346 g/mol. The van der Waals surface area contributed by atoms with E-state index >= 15 is 0 Å². The highest BCUT2D eigenvalue weighted by molar-refractivity contribution is 7.89. The van der Waals surface area contributed by atoms with Crippen LogP contribution in [-0.2, 0) is 10.0 Å². The molecule has 4 nitrogen and oxygen atoms in total. The van der Waals surface area contributed by atoms with E-state index in [2.05, 4.69) is 4.98 Å². The van der Waals surface area contributed by atoms with Gasteiger partial charge in [0.1, 0.15) is 0 Å². The fourth-order valence-electron chi connectivity index (χ4n) is 5.83. The summed E-state index contributed by atoms with van der Waals surface area (Å²) in [5.74, 6) is 0.762. The van der Waals surface area contributed by atoms with Gasteiger partial charge in [0.25, 0.3) is 0 Å². The quantitative estimate of drug-likeness (QED) is 0.838. The summed E-state index contributed by atoms with van der Waals surface area (Å²) in [6, 6.07) is 4.05. The summed E-state index contributed by atoms with van der Waals surface area (Å²) < 4.78 is 27.9. The van der Waals surface area contributed by atoms with Gasteiger partial charge in [-0.15, -0.1) is 0 Å². The maximum atomic E-state index is 13.1. The molecule has 1 saturated heterocycles. The molecule has 0 amide bonds. The van der Waals surface area contributed by atoms with Gasteiger partial charge in [0.15, 0.2) is 0 Å². The summed E-state index contributed by atoms with van der Waals surface area (Å²) in [4.78, 5) is 4.10. The molecule has 5 rings (SSSR count). The van der Waals surface area contributed by atoms with Gasteiger partial charge in [0.05, 0.1) is 11.8 Å². The van der Waals surface area contributed by atoms with Crippen LogP contribution in [0, 0.1) is 16.7 Å². The molecule has 1 aromatic rings. The van der Waals surface area contributed by atoms with Crippen LogP contribution < -0.4 is 0 Å². The minimum Gasteiger partial charge on any atom is -0.265 e. The Labute approximate surface area is 144 Å². The van der Waals surface area contributed by atoms with Crippen LogP contribution >= 0.6 is 0 Å². The minimum atomic E-state index is -3.15. The summed E-state index contributed by atoms with van der Waals surface area (Å²) in [5, 5.41) is 0. The minimum absolute atomic E-state index is 0.0528. The lowest BCUT2D eigenvalue weighted by atomic mass is 9.52. The highest BCUT2D eigenvalue weighted by atomic mass is 32.2. The first kappa shape index (κ1) is 15.3. The topological polar surface area (TPSA) is 50.3 Å². The molecule has 2 spiro atoms. The number of hydrogen-bond acceptors (Lipinski definition) is 3. The number of hydrogen-bond donors (Lipinski definition) is 0. The van der Waals surface area contributed by atoms with E-state index in [1.54, 1.807) is 12.4 Å². The largest absolute Gasteiger partial charge is 0.265 e. The Kier molecular flexibility index (Phi) is 3.22. The van der Waals surface area contributed by atoms with Crippen molar-refractivity contribution in [3.8, 4) is 0 Å². The van der Waals surface area contributed by atoms with E-state index in [0.29, 0.717) is 17.1 Å². The zero-order valence-electron chi connectivity index (χ0n) is 14.2. The fraction of sp³-hybridized carbons (Fsp3) is 0.737. The number of nitrogens with zero attached hydrogens (tertiary/aromatic N) is 2. The van der Waals surface area contributed by atoms with Crippen molar-refractivity contribution in [3.05, 3.63) is 30.1 Å². The molecule has 0 bridgehead atoms. The molecule has 3 saturated carbocycles. The van der Waals surface area contributed by atoms with Crippen molar-refractivity contribution in [1.82, 2.24) is 9.29 Å². The molecule has 1 aliphatic heterocycles. The molecule has 0 radical (unpaired) electrons. The molecule has 1 unspecified atom stereocenters. The van der Waals surface area contributed by atoms with Crippen LogP contribution in [0.4, 0.5) is 0 Å². The Bertz CT molecular complexity index is 730. The standard InChI is InChI=1S/C19H26N2O2S/c22-24(23,13-15-11-18(12-15)5-1-6-18)21-14-19(7-2-8-19)17(21)16-3-9-20-10-4-16/h3-4,9-10,15,17H,1-2,5-8,11-14H2. The second kappa shape index (κ2) is 5.04. The highest BCUT2D eigenvalue weighted by Crippen LogP contribution is 2.62. The first-order chi connectivity index (χ1) is 11.5. The molecule has 5 heteroatoms. The molecule has 24 heavy (non-hydrogen) atoms. The molecule has 4 fully saturated rings. The predicted octanol–water partition coefficient (Wildman–Crippen LogP) is 3.52. The Balaban J connectivity index is 1.33. The van der Waals surface area contributed by atoms with Crippen molar-refractivity contribution in [2.75, 3.05) is 12.3 Å². The average molecular weight is 346 g/mol. The number of aromatic nitrogens is 1. The van der Waals surface area contributed by atoms with Crippen LogP contribution in [0.5, 0.6) is 0 Å². The molecular weight excluding hydrogens is 320 g/mol. The van der Waals surface area contributed by atoms with E-state index in [4.69, 9.17) is 0 Å². The molecule has 3 aliphatic carbocycles. The average Bonchev–Trinajstić information content (AvgIpc) is 2.38. The summed E-state index contributed by atoms with van der Waals surface area (Å²) in [5.41, 5.74) is 1.89. The lowest BCUT2D eigenvalue weighted by molar-refractivity contribution is -0.0791. The van der Waals surface area contributed by atoms with E-state index < -0.39 is 10.0 Å². The fourth-order valence-corrected chi connectivity index (χ4v) is 7.97. The van der Waals surface area contributed by atoms with Gasteiger partial charge in [0, 0.05) is 24.4 Å². The van der Waals surface area contributed by atoms with Crippen molar-refractivity contribution < 1.29 is 8.42 Å². The Morgan fingerprint density at radius 3 is 2.29 bits per heavy atom. The molecule has 0 aromatic carbocycles. The molecule has 0 N–H and O–H groups in total. The van der Waals surface area contributed by atoms with Gasteiger partial charge in [-0.1, -0.05) is 12.8 Å². The lowest BCUT2D eigenvalue weighted by Crippen LogP contribution is -2.64. The van der Waals surface area contributed by atoms with Crippen LogP contribution in [0.1, 0.15) is 63.0 Å². The van der Waals surface area contributed by atoms with Crippen molar-refractivity contribution in [2.24, 2.45) is 16.7 Å². The predicted molar refractivity (Wildman–Crippen MR) is 92.8 cm³/mol. The van der Waals surface area contributed by atoms with Gasteiger partial charge in [-0.05, 0) is 67.6 Å². The number of sulfonamides is 1. The van der Waals surface area contributed by atoms with Crippen molar-refractivity contribution in [3.63, 3.8) is 0 Å². The van der Waals surface area contributed by atoms with Crippen LogP contribution in [-0.4, -0.2) is 30.0 Å². The van der Waals surface area contributed by atoms with Crippen molar-refractivity contribution in [1.29, 1.82) is 0 Å². The zero-order chi connectivity index (χ0) is 16.4. The maximum absolute atomic E-state index is 13.1. The van der Waals surface area contributed by atoms with Crippen molar-refractivity contribution in [2.45, 2.75) is 57.4 Å². The van der Waals surface area contributed by atoms with Gasteiger partial charge >= 0.3 is 0 Å². The molecule has 1 aromatic heterocycles. The first-order valence-electron chi connectivity index (χ1n) is 9.42. The zero-order valence-corrected chi connectivity index (χ0v) is 15.0. The molecule has 4 aliphatic rings. The SMILES string of the molecule is O=S(=O)(CC1CC2(CCC2)C1)N1CC2(CCC2)C1c1ccncc1. The number of pyridine rings is 1. The van der Waals surface area contributed by atoms with E-state index in [9.17, 15) is 8.42 Å². The van der Waals surface area contributed by atoms with Crippen LogP contribution in [0.15, 0.2) is 24.5 Å². The van der Waals surface area contributed by atoms with Crippen LogP contribution in [0.2, 0.25) is 0 Å². The van der Waals surface area contributed by atoms with Crippen LogP contribution in [0.25, 0.3) is 0 Å². The van der Waals surface area contributed by atoms with E-state index in [1.807, 2.05) is 16.4 Å². The van der Waals surface area contributed by atoms with Gasteiger partial charge in [-0.2, -0.15) is 4.31 Å². The van der Waals surface area contributed by atoms with E-state index in [1.165, 1.54) is 38.5 Å². The summed E-state index contributed by atoms with van der Waals surface area (Å²) in [7, 11) is -3.15. The molecular formula is C19H26N2O2S. The third kappa shape index (κ3) is 2.13. The van der Waals surface area contributed by atoms with E-state index in [-0.39, 0.29) is 11.5 Å². The second-order valence-corrected chi connectivity index (χ2v) is 10.8. The van der Waals surface area contributed by atoms with Gasteiger partial charge < -0.3 is 0 Å². The summed E-state index contributed by atoms with van der Waals surface area (Å²) >= 11 is 0. The Morgan fingerprint density at radius 1 is 1.08 bits per heavy atom. The smallest absolute Gasteiger partial charge is 0.214 e. The number of rotatable bonds is 4. The third-order valence-corrected chi connectivity index (χ3v) is 9.32.